The summed E-state index contributed by atoms with van der Waals surface area (Å²) >= 11 is 3.55. The Morgan fingerprint density at radius 1 is 0.519 bits per heavy atom. The molecule has 12 nitrogen and oxygen atoms in total. The molecule has 0 unspecified atom stereocenters. The van der Waals surface area contributed by atoms with E-state index in [9.17, 15) is 19.2 Å². The fourth-order valence-electron chi connectivity index (χ4n) is 11.3. The molecular weight excluding hydrogens is 1020 g/mol. The third-order valence-electron chi connectivity index (χ3n) is 15.5. The number of rotatable bonds is 6. The number of aromatic amines is 2. The summed E-state index contributed by atoms with van der Waals surface area (Å²) < 4.78 is 0.770. The number of carbonyl (C=O) groups is 4. The van der Waals surface area contributed by atoms with E-state index < -0.39 is 11.8 Å². The number of aromatic nitrogens is 2. The molecule has 0 bridgehead atoms. The first kappa shape index (κ1) is 50.5. The summed E-state index contributed by atoms with van der Waals surface area (Å²) in [5.74, 6) is -0.990. The Bertz CT molecular complexity index is 4210. The molecule has 2 aliphatic heterocycles. The fraction of sp³-hybridized carbons (Fsp3) is 0.188. The molecule has 4 heterocycles. The van der Waals surface area contributed by atoms with Crippen LogP contribution in [0.2, 0.25) is 0 Å². The monoisotopic (exact) mass is 1080 g/mol. The number of nitrogens with zero attached hydrogens (tertiary/aromatic N) is 2. The van der Waals surface area contributed by atoms with Crippen LogP contribution in [-0.4, -0.2) is 33.6 Å². The highest BCUT2D eigenvalue weighted by atomic mass is 79.9. The largest absolute Gasteiger partial charge is 0.399 e. The van der Waals surface area contributed by atoms with Crippen molar-refractivity contribution >= 4 is 106 Å². The molecule has 77 heavy (non-hydrogen) atoms. The van der Waals surface area contributed by atoms with Gasteiger partial charge in [0.1, 0.15) is 0 Å². The Hall–Kier alpha value is -8.68. The lowest BCUT2D eigenvalue weighted by Gasteiger charge is -2.21. The van der Waals surface area contributed by atoms with E-state index in [-0.39, 0.29) is 22.6 Å². The van der Waals surface area contributed by atoms with Gasteiger partial charge in [-0.2, -0.15) is 0 Å². The van der Waals surface area contributed by atoms with Crippen molar-refractivity contribution in [3.05, 3.63) is 188 Å². The van der Waals surface area contributed by atoms with Crippen molar-refractivity contribution in [2.45, 2.75) is 79.3 Å². The maximum absolute atomic E-state index is 13.5. The third-order valence-corrected chi connectivity index (χ3v) is 16.2. The van der Waals surface area contributed by atoms with E-state index in [0.717, 1.165) is 104 Å². The van der Waals surface area contributed by atoms with Gasteiger partial charge >= 0.3 is 0 Å². The second kappa shape index (κ2) is 18.3. The number of fused-ring (bicyclic) bond motifs is 8. The summed E-state index contributed by atoms with van der Waals surface area (Å²) in [6, 6.07) is 41.3. The highest BCUT2D eigenvalue weighted by Crippen LogP contribution is 2.45. The van der Waals surface area contributed by atoms with Gasteiger partial charge in [-0.25, -0.2) is 0 Å². The van der Waals surface area contributed by atoms with Crippen LogP contribution >= 0.6 is 15.9 Å². The third kappa shape index (κ3) is 8.45. The predicted octanol–water partition coefficient (Wildman–Crippen LogP) is 13.6. The molecule has 2 aromatic heterocycles. The Labute approximate surface area is 454 Å². The number of primary amides is 2. The van der Waals surface area contributed by atoms with Crippen molar-refractivity contribution in [1.82, 2.24) is 9.97 Å². The molecule has 0 radical (unpaired) electrons. The van der Waals surface area contributed by atoms with Crippen molar-refractivity contribution in [3.8, 4) is 22.3 Å². The SMILES string of the molecule is Cc1c(-c2ccc(C(N)=O)c3[nH]c4cc(N)c(Br)cc4c23)cccc1N1Cc2cc(C(C)(C)C)ccc2C1=O.Cc1c(-c2ccc(C(N)=O)c3[nH]c4cc(N)ccc4c23)cccc1N1Cc2cc(C(C)(C)C)ccc2C1=O. The Morgan fingerprint density at radius 2 is 0.961 bits per heavy atom. The highest BCUT2D eigenvalue weighted by molar-refractivity contribution is 9.10. The Kier molecular flexibility index (Phi) is 12.0. The number of hydrogen-bond acceptors (Lipinski definition) is 6. The second-order valence-corrected chi connectivity index (χ2v) is 23.3. The molecule has 8 aromatic carbocycles. The summed E-state index contributed by atoms with van der Waals surface area (Å²) in [7, 11) is 0. The van der Waals surface area contributed by atoms with Gasteiger partial charge in [-0.3, -0.25) is 19.2 Å². The molecule has 0 fully saturated rings. The van der Waals surface area contributed by atoms with E-state index in [2.05, 4.69) is 97.8 Å². The number of hydrogen-bond donors (Lipinski definition) is 6. The minimum Gasteiger partial charge on any atom is -0.399 e. The van der Waals surface area contributed by atoms with Crippen LogP contribution in [0.5, 0.6) is 0 Å². The van der Waals surface area contributed by atoms with Gasteiger partial charge in [-0.1, -0.05) is 108 Å². The first-order valence-corrected chi connectivity index (χ1v) is 26.4. The van der Waals surface area contributed by atoms with Crippen molar-refractivity contribution < 1.29 is 19.2 Å². The second-order valence-electron chi connectivity index (χ2n) is 22.5. The number of halogens is 1. The van der Waals surface area contributed by atoms with Gasteiger partial charge in [0.15, 0.2) is 0 Å². The Morgan fingerprint density at radius 3 is 1.42 bits per heavy atom. The number of nitrogens with two attached hydrogens (primary N) is 4. The molecule has 0 spiro atoms. The standard InChI is InChI=1S/C32H29BrN4O2.C32H30N4O2/c1-16-19(6-5-7-27(16)37-15-17-12-18(32(2,3)4)8-9-20(17)31(37)39)21-10-11-22(30(35)38)29-28(21)23-13-24(33)25(34)14-26(23)36-29;1-17-21(23-12-13-25(30(34)37)29-28(23)24-11-9-20(33)15-26(24)35-29)6-5-7-27(17)36-16-18-14-19(32(2,3)4)8-10-22(18)31(36)38/h5-14,36H,15,34H2,1-4H3,(H2,35,38);5-15,35H,16,33H2,1-4H3,(H2,34,37). The summed E-state index contributed by atoms with van der Waals surface area (Å²) in [4.78, 5) is 62.1. The molecule has 0 saturated heterocycles. The minimum absolute atomic E-state index is 0.00275. The van der Waals surface area contributed by atoms with Crippen molar-refractivity contribution in [1.29, 1.82) is 0 Å². The van der Waals surface area contributed by atoms with Gasteiger partial charge in [-0.15, -0.1) is 0 Å². The quantitative estimate of drug-likeness (QED) is 0.0892. The molecule has 13 heteroatoms. The van der Waals surface area contributed by atoms with Gasteiger partial charge in [0.05, 0.1) is 35.2 Å². The lowest BCUT2D eigenvalue weighted by molar-refractivity contribution is 0.0988. The van der Waals surface area contributed by atoms with Gasteiger partial charge in [0.25, 0.3) is 23.6 Å². The van der Waals surface area contributed by atoms with Crippen LogP contribution in [0.1, 0.15) is 116 Å². The first-order valence-electron chi connectivity index (χ1n) is 25.6. The molecule has 0 aliphatic carbocycles. The topological polar surface area (TPSA) is 210 Å². The molecule has 10 N–H and O–H groups in total. The molecule has 0 saturated carbocycles. The van der Waals surface area contributed by atoms with E-state index in [1.807, 2.05) is 109 Å². The van der Waals surface area contributed by atoms with Gasteiger partial charge in [0.2, 0.25) is 0 Å². The highest BCUT2D eigenvalue weighted by Gasteiger charge is 2.33. The average Bonchev–Trinajstić information content (AvgIpc) is 4.15. The van der Waals surface area contributed by atoms with Crippen LogP contribution in [0.3, 0.4) is 0 Å². The number of anilines is 4. The first-order chi connectivity index (χ1) is 36.5. The minimum atomic E-state index is -0.509. The van der Waals surface area contributed by atoms with Crippen LogP contribution in [0.25, 0.3) is 65.9 Å². The zero-order valence-electron chi connectivity index (χ0n) is 44.3. The number of carbonyl (C=O) groups excluding carboxylic acids is 4. The smallest absolute Gasteiger partial charge is 0.258 e. The number of nitrogen functional groups attached to an aromatic ring is 2. The predicted molar refractivity (Wildman–Crippen MR) is 317 cm³/mol. The molecule has 0 atom stereocenters. The van der Waals surface area contributed by atoms with Crippen LogP contribution in [0.4, 0.5) is 22.7 Å². The van der Waals surface area contributed by atoms with Crippen molar-refractivity contribution in [3.63, 3.8) is 0 Å². The molecular formula is C64H59BrN8O4. The van der Waals surface area contributed by atoms with Crippen LogP contribution < -0.4 is 32.7 Å². The number of H-pyrrole nitrogens is 2. The van der Waals surface area contributed by atoms with E-state index >= 15 is 0 Å². The van der Waals surface area contributed by atoms with Crippen LogP contribution in [-0.2, 0) is 23.9 Å². The van der Waals surface area contributed by atoms with E-state index in [0.29, 0.717) is 46.6 Å². The average molecular weight is 1080 g/mol. The molecule has 2 aliphatic rings. The van der Waals surface area contributed by atoms with Crippen LogP contribution in [0, 0.1) is 13.8 Å². The molecule has 12 rings (SSSR count). The normalized spacial score (nSPS) is 13.5. The molecule has 386 valence electrons. The molecule has 10 aromatic rings. The van der Waals surface area contributed by atoms with Gasteiger partial charge in [-0.05, 0) is 157 Å². The summed E-state index contributed by atoms with van der Waals surface area (Å²) in [5.41, 5.74) is 42.3. The van der Waals surface area contributed by atoms with Gasteiger partial charge < -0.3 is 42.7 Å². The molecule has 4 amide bonds. The number of benzene rings is 8. The summed E-state index contributed by atoms with van der Waals surface area (Å²) in [6.45, 7) is 18.2. The fourth-order valence-corrected chi connectivity index (χ4v) is 11.7. The lowest BCUT2D eigenvalue weighted by atomic mass is 9.85. The van der Waals surface area contributed by atoms with Crippen molar-refractivity contribution in [2.24, 2.45) is 11.5 Å². The maximum atomic E-state index is 13.5. The van der Waals surface area contributed by atoms with E-state index in [1.165, 1.54) is 11.1 Å². The van der Waals surface area contributed by atoms with E-state index in [4.69, 9.17) is 22.9 Å². The van der Waals surface area contributed by atoms with Crippen LogP contribution in [0.15, 0.2) is 132 Å². The zero-order chi connectivity index (χ0) is 54.7. The number of amides is 4. The van der Waals surface area contributed by atoms with Gasteiger partial charge in [0, 0.05) is 70.9 Å². The van der Waals surface area contributed by atoms with E-state index in [1.54, 1.807) is 12.1 Å². The zero-order valence-corrected chi connectivity index (χ0v) is 45.8. The summed E-state index contributed by atoms with van der Waals surface area (Å²) in [6.07, 6.45) is 0. The Balaban J connectivity index is 0.000000164. The lowest BCUT2D eigenvalue weighted by Crippen LogP contribution is -2.24. The van der Waals surface area contributed by atoms with Crippen molar-refractivity contribution in [2.75, 3.05) is 21.3 Å². The summed E-state index contributed by atoms with van der Waals surface area (Å²) in [5, 5.41) is 3.67. The maximum Gasteiger partial charge on any atom is 0.258 e. The number of nitrogens with one attached hydrogen (secondary N) is 2.